The van der Waals surface area contributed by atoms with Crippen LogP contribution in [0, 0.1) is 5.92 Å². The Hall–Kier alpha value is -1.95. The Morgan fingerprint density at radius 3 is 2.43 bits per heavy atom. The first kappa shape index (κ1) is 22.3. The first-order chi connectivity index (χ1) is 13.1. The van der Waals surface area contributed by atoms with Gasteiger partial charge < -0.3 is 19.2 Å². The van der Waals surface area contributed by atoms with Gasteiger partial charge in [-0.3, -0.25) is 0 Å². The lowest BCUT2D eigenvalue weighted by Crippen LogP contribution is -2.44. The number of rotatable bonds is 8. The summed E-state index contributed by atoms with van der Waals surface area (Å²) in [4.78, 5) is 12.8. The maximum atomic E-state index is 12.8. The highest BCUT2D eigenvalue weighted by Crippen LogP contribution is 2.42. The largest absolute Gasteiger partial charge is 0.546 e. The minimum Gasteiger partial charge on any atom is -0.546 e. The summed E-state index contributed by atoms with van der Waals surface area (Å²) >= 11 is 0. The minimum absolute atomic E-state index is 0.0322. The van der Waals surface area contributed by atoms with E-state index in [0.29, 0.717) is 6.61 Å². The normalized spacial score (nSPS) is 18.2. The molecule has 1 aliphatic carbocycles. The molecule has 1 aliphatic rings. The predicted octanol–water partition coefficient (Wildman–Crippen LogP) is 5.35. The van der Waals surface area contributed by atoms with E-state index in [1.165, 1.54) is 0 Å². The summed E-state index contributed by atoms with van der Waals surface area (Å²) in [5.74, 6) is 1.44. The quantitative estimate of drug-likeness (QED) is 0.466. The number of hydrogen-bond acceptors (Lipinski definition) is 5. The van der Waals surface area contributed by atoms with Crippen LogP contribution in [0.1, 0.15) is 40.5 Å². The third-order valence-corrected chi connectivity index (χ3v) is 10.1. The van der Waals surface area contributed by atoms with Gasteiger partial charge >= 0.3 is 5.97 Å². The van der Waals surface area contributed by atoms with Crippen LogP contribution in [0.4, 0.5) is 5.69 Å². The third kappa shape index (κ3) is 5.31. The SMILES string of the molecule is CCOC(=O)[C@@H](Nc1ccc(OC)cc1)[C@@H]1CCC=C1O[Si](C)(C)C(C)(C)C. The van der Waals surface area contributed by atoms with E-state index in [-0.39, 0.29) is 16.9 Å². The van der Waals surface area contributed by atoms with E-state index in [4.69, 9.17) is 13.9 Å². The zero-order valence-electron chi connectivity index (χ0n) is 18.3. The van der Waals surface area contributed by atoms with Gasteiger partial charge in [0, 0.05) is 11.6 Å². The highest BCUT2D eigenvalue weighted by molar-refractivity contribution is 6.74. The molecule has 0 saturated carbocycles. The van der Waals surface area contributed by atoms with Gasteiger partial charge in [-0.2, -0.15) is 0 Å². The molecule has 0 radical (unpaired) electrons. The summed E-state index contributed by atoms with van der Waals surface area (Å²) in [5, 5.41) is 3.48. The fraction of sp³-hybridized carbons (Fsp3) is 0.591. The molecule has 0 unspecified atom stereocenters. The van der Waals surface area contributed by atoms with E-state index in [1.54, 1.807) is 7.11 Å². The van der Waals surface area contributed by atoms with Crippen LogP contribution in [-0.2, 0) is 14.0 Å². The molecule has 0 aromatic heterocycles. The molecule has 2 rings (SSSR count). The maximum Gasteiger partial charge on any atom is 0.329 e. The second-order valence-electron chi connectivity index (χ2n) is 8.76. The topological polar surface area (TPSA) is 56.8 Å². The Labute approximate surface area is 170 Å². The average molecular weight is 406 g/mol. The van der Waals surface area contributed by atoms with Crippen molar-refractivity contribution in [3.8, 4) is 5.75 Å². The molecule has 0 spiro atoms. The molecule has 0 fully saturated rings. The molecular formula is C22H35NO4Si. The standard InChI is InChI=1S/C22H35NO4Si/c1-8-26-21(24)20(23-16-12-14-17(25-5)15-13-16)18-10-9-11-19(18)27-28(6,7)22(2,3)4/h11-15,18,20,23H,8-10H2,1-7H3/t18-,20+/m1/s1. The molecule has 1 aromatic carbocycles. The molecule has 0 heterocycles. The first-order valence-corrected chi connectivity index (χ1v) is 13.0. The van der Waals surface area contributed by atoms with Gasteiger partial charge in [0.2, 0.25) is 8.32 Å². The van der Waals surface area contributed by atoms with Gasteiger partial charge in [-0.15, -0.1) is 0 Å². The highest BCUT2D eigenvalue weighted by Gasteiger charge is 2.43. The van der Waals surface area contributed by atoms with Crippen molar-refractivity contribution in [1.82, 2.24) is 0 Å². The van der Waals surface area contributed by atoms with Crippen LogP contribution >= 0.6 is 0 Å². The van der Waals surface area contributed by atoms with Crippen molar-refractivity contribution in [1.29, 1.82) is 0 Å². The Morgan fingerprint density at radius 2 is 1.89 bits per heavy atom. The third-order valence-electron chi connectivity index (χ3n) is 5.72. The van der Waals surface area contributed by atoms with E-state index in [0.717, 1.165) is 30.0 Å². The van der Waals surface area contributed by atoms with Crippen LogP contribution in [0.15, 0.2) is 36.1 Å². The molecule has 156 valence electrons. The summed E-state index contributed by atoms with van der Waals surface area (Å²) in [6.45, 7) is 13.3. The molecule has 0 bridgehead atoms. The fourth-order valence-electron chi connectivity index (χ4n) is 3.02. The van der Waals surface area contributed by atoms with Gasteiger partial charge in [0.25, 0.3) is 0 Å². The van der Waals surface area contributed by atoms with Crippen molar-refractivity contribution in [3.63, 3.8) is 0 Å². The minimum atomic E-state index is -1.98. The smallest absolute Gasteiger partial charge is 0.329 e. The Balaban J connectivity index is 2.24. The Morgan fingerprint density at radius 1 is 1.25 bits per heavy atom. The number of benzene rings is 1. The number of nitrogens with one attached hydrogen (secondary N) is 1. The summed E-state index contributed by atoms with van der Waals surface area (Å²) in [6, 6.07) is 7.10. The molecule has 0 aliphatic heterocycles. The molecule has 1 aromatic rings. The average Bonchev–Trinajstić information content (AvgIpc) is 3.06. The van der Waals surface area contributed by atoms with Gasteiger partial charge in [0.15, 0.2) is 0 Å². The highest BCUT2D eigenvalue weighted by atomic mass is 28.4. The zero-order valence-corrected chi connectivity index (χ0v) is 19.3. The van der Waals surface area contributed by atoms with Crippen molar-refractivity contribution in [2.75, 3.05) is 19.0 Å². The zero-order chi connectivity index (χ0) is 20.9. The summed E-state index contributed by atoms with van der Waals surface area (Å²) < 4.78 is 17.2. The second-order valence-corrected chi connectivity index (χ2v) is 13.5. The number of allylic oxidation sites excluding steroid dienone is 1. The van der Waals surface area contributed by atoms with Crippen LogP contribution in [0.25, 0.3) is 0 Å². The molecule has 1 N–H and O–H groups in total. The van der Waals surface area contributed by atoms with Crippen molar-refractivity contribution in [2.45, 2.75) is 64.7 Å². The van der Waals surface area contributed by atoms with Gasteiger partial charge in [-0.25, -0.2) is 4.79 Å². The van der Waals surface area contributed by atoms with E-state index in [9.17, 15) is 4.79 Å². The molecule has 0 saturated heterocycles. The number of ether oxygens (including phenoxy) is 2. The van der Waals surface area contributed by atoms with E-state index >= 15 is 0 Å². The first-order valence-electron chi connectivity index (χ1n) is 10.1. The number of hydrogen-bond donors (Lipinski definition) is 1. The second kappa shape index (κ2) is 9.03. The number of methoxy groups -OCH3 is 1. The van der Waals surface area contributed by atoms with Crippen LogP contribution in [0.5, 0.6) is 5.75 Å². The number of anilines is 1. The van der Waals surface area contributed by atoms with Crippen molar-refractivity contribution in [3.05, 3.63) is 36.1 Å². The molecule has 5 nitrogen and oxygen atoms in total. The maximum absolute atomic E-state index is 12.8. The van der Waals surface area contributed by atoms with E-state index in [1.807, 2.05) is 31.2 Å². The van der Waals surface area contributed by atoms with Crippen molar-refractivity contribution >= 4 is 20.0 Å². The van der Waals surface area contributed by atoms with Crippen LogP contribution < -0.4 is 10.1 Å². The molecule has 0 amide bonds. The van der Waals surface area contributed by atoms with Gasteiger partial charge in [0.1, 0.15) is 11.8 Å². The van der Waals surface area contributed by atoms with Crippen molar-refractivity contribution in [2.24, 2.45) is 5.92 Å². The summed E-state index contributed by atoms with van der Waals surface area (Å²) in [6.07, 6.45) is 3.93. The van der Waals surface area contributed by atoms with Gasteiger partial charge in [-0.1, -0.05) is 20.8 Å². The van der Waals surface area contributed by atoms with Crippen LogP contribution in [0.3, 0.4) is 0 Å². The predicted molar refractivity (Wildman–Crippen MR) is 116 cm³/mol. The molecule has 28 heavy (non-hydrogen) atoms. The molecule has 2 atom stereocenters. The van der Waals surface area contributed by atoms with Crippen molar-refractivity contribution < 1.29 is 18.7 Å². The van der Waals surface area contributed by atoms with E-state index in [2.05, 4.69) is 45.3 Å². The van der Waals surface area contributed by atoms with Gasteiger partial charge in [-0.05, 0) is 68.2 Å². The Bertz CT molecular complexity index is 691. The summed E-state index contributed by atoms with van der Waals surface area (Å²) in [7, 11) is -0.343. The number of esters is 1. The Kier molecular flexibility index (Phi) is 7.20. The number of carbonyl (C=O) groups excluding carboxylic acids is 1. The fourth-order valence-corrected chi connectivity index (χ4v) is 4.15. The lowest BCUT2D eigenvalue weighted by atomic mass is 9.97. The van der Waals surface area contributed by atoms with Gasteiger partial charge in [0.05, 0.1) is 19.5 Å². The summed E-state index contributed by atoms with van der Waals surface area (Å²) in [5.41, 5.74) is 0.859. The molecular weight excluding hydrogens is 370 g/mol. The number of carbonyl (C=O) groups is 1. The van der Waals surface area contributed by atoms with Crippen LogP contribution in [0.2, 0.25) is 18.1 Å². The lowest BCUT2D eigenvalue weighted by Gasteiger charge is -2.39. The molecule has 6 heteroatoms. The van der Waals surface area contributed by atoms with E-state index < -0.39 is 14.4 Å². The van der Waals surface area contributed by atoms with Crippen LogP contribution in [-0.4, -0.2) is 34.0 Å². The monoisotopic (exact) mass is 405 g/mol. The lowest BCUT2D eigenvalue weighted by molar-refractivity contribution is -0.145.